The Morgan fingerprint density at radius 2 is 1.61 bits per heavy atom. The van der Waals surface area contributed by atoms with Gasteiger partial charge in [-0.05, 0) is 5.56 Å². The lowest BCUT2D eigenvalue weighted by molar-refractivity contribution is 0.0353. The van der Waals surface area contributed by atoms with Crippen molar-refractivity contribution in [2.24, 2.45) is 11.7 Å². The van der Waals surface area contributed by atoms with Crippen molar-refractivity contribution in [1.29, 1.82) is 0 Å². The van der Waals surface area contributed by atoms with Crippen molar-refractivity contribution in [3.05, 3.63) is 35.9 Å². The van der Waals surface area contributed by atoms with Crippen molar-refractivity contribution in [1.82, 2.24) is 9.80 Å². The second-order valence-electron chi connectivity index (χ2n) is 6.28. The van der Waals surface area contributed by atoms with Crippen LogP contribution in [-0.2, 0) is 5.41 Å². The van der Waals surface area contributed by atoms with E-state index in [1.54, 1.807) is 0 Å². The zero-order chi connectivity index (χ0) is 12.2. The van der Waals surface area contributed by atoms with Gasteiger partial charge in [0.1, 0.15) is 0 Å². The van der Waals surface area contributed by atoms with Crippen LogP contribution >= 0.6 is 0 Å². The molecule has 1 aromatic carbocycles. The number of benzene rings is 1. The van der Waals surface area contributed by atoms with Crippen molar-refractivity contribution in [3.8, 4) is 0 Å². The van der Waals surface area contributed by atoms with E-state index in [0.717, 1.165) is 13.1 Å². The van der Waals surface area contributed by atoms with Gasteiger partial charge in [-0.2, -0.15) is 0 Å². The van der Waals surface area contributed by atoms with Gasteiger partial charge in [0.2, 0.25) is 0 Å². The smallest absolute Gasteiger partial charge is 0.0362 e. The minimum atomic E-state index is 0.166. The molecule has 0 radical (unpaired) electrons. The fraction of sp³-hybridized carbons (Fsp3) is 0.600. The predicted molar refractivity (Wildman–Crippen MR) is 72.5 cm³/mol. The van der Waals surface area contributed by atoms with E-state index in [-0.39, 0.29) is 5.41 Å². The Bertz CT molecular complexity index is 428. The van der Waals surface area contributed by atoms with E-state index in [2.05, 4.69) is 40.1 Å². The van der Waals surface area contributed by atoms with Crippen molar-refractivity contribution in [2.45, 2.75) is 11.5 Å². The Morgan fingerprint density at radius 3 is 2.22 bits per heavy atom. The van der Waals surface area contributed by atoms with Crippen LogP contribution in [0.15, 0.2) is 30.3 Å². The topological polar surface area (TPSA) is 32.5 Å². The molecule has 4 aliphatic rings. The lowest BCUT2D eigenvalue weighted by atomic mass is 9.65. The van der Waals surface area contributed by atoms with Crippen molar-refractivity contribution in [2.75, 3.05) is 39.3 Å². The molecule has 2 N–H and O–H groups in total. The van der Waals surface area contributed by atoms with Gasteiger partial charge >= 0.3 is 0 Å². The van der Waals surface area contributed by atoms with Gasteiger partial charge in [0, 0.05) is 56.6 Å². The maximum absolute atomic E-state index is 6.65. The third-order valence-corrected chi connectivity index (χ3v) is 5.22. The average molecular weight is 243 g/mol. The third-order valence-electron chi connectivity index (χ3n) is 5.22. The van der Waals surface area contributed by atoms with Crippen LogP contribution in [0, 0.1) is 5.92 Å². The number of nitrogens with two attached hydrogens (primary N) is 1. The second-order valence-corrected chi connectivity index (χ2v) is 6.28. The Hall–Kier alpha value is -0.900. The lowest BCUT2D eigenvalue weighted by Gasteiger charge is -2.54. The normalized spacial score (nSPS) is 46.1. The standard InChI is InChI=1S/C15H21N3/c16-14-12-8-17-6-7-18(9-12)11-15(14,10-17)13-4-2-1-3-5-13/h1-5,12,14H,6-11,16H2/t12?,14-,15?/m1/s1. The van der Waals surface area contributed by atoms with Gasteiger partial charge in [-0.3, -0.25) is 0 Å². The molecule has 96 valence electrons. The number of hydrogen-bond acceptors (Lipinski definition) is 3. The second kappa shape index (κ2) is 3.80. The van der Waals surface area contributed by atoms with Gasteiger partial charge in [-0.1, -0.05) is 30.3 Å². The number of rotatable bonds is 1. The predicted octanol–water partition coefficient (Wildman–Crippen LogP) is 0.513. The highest BCUT2D eigenvalue weighted by Crippen LogP contribution is 2.41. The monoisotopic (exact) mass is 243 g/mol. The van der Waals surface area contributed by atoms with Crippen LogP contribution in [0.2, 0.25) is 0 Å². The first-order chi connectivity index (χ1) is 8.78. The quantitative estimate of drug-likeness (QED) is 0.780. The van der Waals surface area contributed by atoms with Crippen LogP contribution in [-0.4, -0.2) is 55.1 Å². The van der Waals surface area contributed by atoms with Crippen LogP contribution < -0.4 is 5.73 Å². The Kier molecular flexibility index (Phi) is 2.31. The summed E-state index contributed by atoms with van der Waals surface area (Å²) in [5, 5.41) is 0. The average Bonchev–Trinajstić information content (AvgIpc) is 2.65. The highest BCUT2D eigenvalue weighted by molar-refractivity contribution is 5.32. The van der Waals surface area contributed by atoms with Gasteiger partial charge in [0.05, 0.1) is 0 Å². The Morgan fingerprint density at radius 1 is 1.00 bits per heavy atom. The van der Waals surface area contributed by atoms with Crippen LogP contribution in [0.25, 0.3) is 0 Å². The van der Waals surface area contributed by atoms with Gasteiger partial charge < -0.3 is 15.5 Å². The molecule has 0 spiro atoms. The van der Waals surface area contributed by atoms with Gasteiger partial charge in [0.15, 0.2) is 0 Å². The minimum absolute atomic E-state index is 0.166. The summed E-state index contributed by atoms with van der Waals surface area (Å²) in [5.41, 5.74) is 8.26. The molecule has 4 fully saturated rings. The summed E-state index contributed by atoms with van der Waals surface area (Å²) in [4.78, 5) is 5.27. The van der Waals surface area contributed by atoms with Gasteiger partial charge in [0.25, 0.3) is 0 Å². The highest BCUT2D eigenvalue weighted by Gasteiger charge is 2.53. The first kappa shape index (κ1) is 11.0. The van der Waals surface area contributed by atoms with E-state index in [0.29, 0.717) is 12.0 Å². The number of nitrogens with zero attached hydrogens (tertiary/aromatic N) is 2. The maximum Gasteiger partial charge on any atom is 0.0362 e. The van der Waals surface area contributed by atoms with Crippen molar-refractivity contribution < 1.29 is 0 Å². The number of fused-ring (bicyclic) bond motifs is 1. The summed E-state index contributed by atoms with van der Waals surface area (Å²) in [6, 6.07) is 11.3. The first-order valence-electron chi connectivity index (χ1n) is 7.04. The largest absolute Gasteiger partial charge is 0.326 e. The molecule has 2 unspecified atom stereocenters. The molecule has 3 atom stereocenters. The molecular weight excluding hydrogens is 222 g/mol. The summed E-state index contributed by atoms with van der Waals surface area (Å²) in [6.07, 6.45) is 0. The third kappa shape index (κ3) is 1.41. The lowest BCUT2D eigenvalue weighted by Crippen LogP contribution is -2.68. The molecule has 3 heteroatoms. The first-order valence-corrected chi connectivity index (χ1v) is 7.04. The summed E-state index contributed by atoms with van der Waals surface area (Å²) in [7, 11) is 0. The van der Waals surface area contributed by atoms with E-state index in [1.165, 1.54) is 31.7 Å². The van der Waals surface area contributed by atoms with Crippen molar-refractivity contribution in [3.63, 3.8) is 0 Å². The van der Waals surface area contributed by atoms with Crippen LogP contribution in [0.5, 0.6) is 0 Å². The molecule has 4 bridgehead atoms. The molecule has 5 rings (SSSR count). The fourth-order valence-corrected chi connectivity index (χ4v) is 4.36. The van der Waals surface area contributed by atoms with E-state index in [1.807, 2.05) is 0 Å². The highest BCUT2D eigenvalue weighted by atomic mass is 15.3. The van der Waals surface area contributed by atoms with E-state index in [4.69, 9.17) is 5.73 Å². The van der Waals surface area contributed by atoms with Gasteiger partial charge in [-0.25, -0.2) is 0 Å². The van der Waals surface area contributed by atoms with E-state index < -0.39 is 0 Å². The molecule has 3 nitrogen and oxygen atoms in total. The van der Waals surface area contributed by atoms with E-state index >= 15 is 0 Å². The van der Waals surface area contributed by atoms with Crippen molar-refractivity contribution >= 4 is 0 Å². The molecular formula is C15H21N3. The minimum Gasteiger partial charge on any atom is -0.326 e. The number of piperidine rings is 2. The maximum atomic E-state index is 6.65. The van der Waals surface area contributed by atoms with Gasteiger partial charge in [-0.15, -0.1) is 0 Å². The molecule has 0 aromatic heterocycles. The number of hydrogen-bond donors (Lipinski definition) is 1. The summed E-state index contributed by atoms with van der Waals surface area (Å²) >= 11 is 0. The molecule has 1 aromatic rings. The van der Waals surface area contributed by atoms with Crippen LogP contribution in [0.1, 0.15) is 5.56 Å². The SMILES string of the molecule is N[C@@H]1C2CN3CCN(C2)CC1(c1ccccc1)C3. The summed E-state index contributed by atoms with van der Waals surface area (Å²) in [5.74, 6) is 0.648. The fourth-order valence-electron chi connectivity index (χ4n) is 4.36. The molecule has 4 heterocycles. The Balaban J connectivity index is 1.83. The zero-order valence-electron chi connectivity index (χ0n) is 10.8. The summed E-state index contributed by atoms with van der Waals surface area (Å²) in [6.45, 7) is 7.13. The zero-order valence-corrected chi connectivity index (χ0v) is 10.8. The molecule has 0 aliphatic carbocycles. The molecule has 4 aliphatic heterocycles. The molecule has 0 saturated carbocycles. The van der Waals surface area contributed by atoms with E-state index in [9.17, 15) is 0 Å². The molecule has 4 saturated heterocycles. The molecule has 18 heavy (non-hydrogen) atoms. The van der Waals surface area contributed by atoms with Crippen LogP contribution in [0.3, 0.4) is 0 Å². The van der Waals surface area contributed by atoms with Crippen LogP contribution in [0.4, 0.5) is 0 Å². The Labute approximate surface area is 109 Å². The molecule has 0 amide bonds. The summed E-state index contributed by atoms with van der Waals surface area (Å²) < 4.78 is 0.